The van der Waals surface area contributed by atoms with Crippen LogP contribution < -0.4 is 5.43 Å². The van der Waals surface area contributed by atoms with Crippen LogP contribution >= 0.6 is 11.6 Å². The van der Waals surface area contributed by atoms with Crippen LogP contribution in [-0.2, 0) is 0 Å². The first-order chi connectivity index (χ1) is 9.88. The summed E-state index contributed by atoms with van der Waals surface area (Å²) in [5.41, 5.74) is 3.77. The number of carbonyl (C=O) groups is 1. The molecule has 0 bridgehead atoms. The Balaban J connectivity index is 2.19. The zero-order chi connectivity index (χ0) is 15.6. The Bertz CT molecular complexity index is 720. The van der Waals surface area contributed by atoms with Gasteiger partial charge in [-0.05, 0) is 45.0 Å². The molecule has 1 amide bonds. The van der Waals surface area contributed by atoms with E-state index >= 15 is 0 Å². The molecule has 0 fully saturated rings. The van der Waals surface area contributed by atoms with E-state index in [0.717, 1.165) is 0 Å². The highest BCUT2D eigenvalue weighted by molar-refractivity contribution is 6.31. The molecule has 0 unspecified atom stereocenters. The standard InChI is InChI=1S/C15H15ClN2O3/c1-8-6-13(10(3)21-8)15(20)18-17-9(2)12-7-11(16)4-5-14(12)19/h4-7,19H,1-3H3,(H,18,20)/b17-9+. The van der Waals surface area contributed by atoms with Gasteiger partial charge in [0, 0.05) is 10.6 Å². The monoisotopic (exact) mass is 306 g/mol. The fraction of sp³-hybridized carbons (Fsp3) is 0.200. The van der Waals surface area contributed by atoms with Crippen LogP contribution in [0.4, 0.5) is 0 Å². The average Bonchev–Trinajstić information content (AvgIpc) is 2.77. The van der Waals surface area contributed by atoms with Crippen LogP contribution in [0.5, 0.6) is 5.75 Å². The highest BCUT2D eigenvalue weighted by atomic mass is 35.5. The quantitative estimate of drug-likeness (QED) is 0.674. The van der Waals surface area contributed by atoms with E-state index < -0.39 is 0 Å². The van der Waals surface area contributed by atoms with E-state index in [9.17, 15) is 9.90 Å². The number of nitrogens with zero attached hydrogens (tertiary/aromatic N) is 1. The number of rotatable bonds is 3. The van der Waals surface area contributed by atoms with Crippen molar-refractivity contribution < 1.29 is 14.3 Å². The molecule has 0 spiro atoms. The van der Waals surface area contributed by atoms with Gasteiger partial charge in [0.15, 0.2) is 0 Å². The average molecular weight is 307 g/mol. The molecular weight excluding hydrogens is 292 g/mol. The molecule has 0 aliphatic carbocycles. The summed E-state index contributed by atoms with van der Waals surface area (Å²) in [7, 11) is 0. The van der Waals surface area contributed by atoms with Gasteiger partial charge in [-0.15, -0.1) is 0 Å². The Morgan fingerprint density at radius 1 is 1.29 bits per heavy atom. The van der Waals surface area contributed by atoms with Gasteiger partial charge >= 0.3 is 0 Å². The summed E-state index contributed by atoms with van der Waals surface area (Å²) in [6.45, 7) is 5.14. The van der Waals surface area contributed by atoms with E-state index in [0.29, 0.717) is 33.4 Å². The smallest absolute Gasteiger partial charge is 0.274 e. The van der Waals surface area contributed by atoms with E-state index in [2.05, 4.69) is 10.5 Å². The van der Waals surface area contributed by atoms with Gasteiger partial charge in [-0.2, -0.15) is 5.10 Å². The number of benzene rings is 1. The lowest BCUT2D eigenvalue weighted by Crippen LogP contribution is -2.19. The highest BCUT2D eigenvalue weighted by Crippen LogP contribution is 2.22. The fourth-order valence-electron chi connectivity index (χ4n) is 1.91. The summed E-state index contributed by atoms with van der Waals surface area (Å²) in [6.07, 6.45) is 0. The van der Waals surface area contributed by atoms with Crippen molar-refractivity contribution >= 4 is 23.2 Å². The SMILES string of the molecule is C/C(=N\NC(=O)c1cc(C)oc1C)c1cc(Cl)ccc1O. The lowest BCUT2D eigenvalue weighted by molar-refractivity contribution is 0.0953. The molecule has 0 saturated carbocycles. The van der Waals surface area contributed by atoms with E-state index in [1.807, 2.05) is 0 Å². The molecule has 2 N–H and O–H groups in total. The Hall–Kier alpha value is -2.27. The molecule has 0 saturated heterocycles. The number of hydrogen-bond acceptors (Lipinski definition) is 4. The number of halogens is 1. The fourth-order valence-corrected chi connectivity index (χ4v) is 2.08. The van der Waals surface area contributed by atoms with Gasteiger partial charge in [0.2, 0.25) is 0 Å². The van der Waals surface area contributed by atoms with Crippen LogP contribution in [0.15, 0.2) is 33.8 Å². The zero-order valence-electron chi connectivity index (χ0n) is 11.9. The number of carbonyl (C=O) groups excluding carboxylic acids is 1. The van der Waals surface area contributed by atoms with Gasteiger partial charge in [0.1, 0.15) is 17.3 Å². The highest BCUT2D eigenvalue weighted by Gasteiger charge is 2.13. The summed E-state index contributed by atoms with van der Waals surface area (Å²) in [6, 6.07) is 6.27. The molecule has 0 aliphatic rings. The van der Waals surface area contributed by atoms with Crippen LogP contribution in [0.3, 0.4) is 0 Å². The zero-order valence-corrected chi connectivity index (χ0v) is 12.7. The van der Waals surface area contributed by atoms with E-state index in [1.54, 1.807) is 39.0 Å². The Kier molecular flexibility index (Phi) is 4.33. The maximum Gasteiger partial charge on any atom is 0.274 e. The van der Waals surface area contributed by atoms with Crippen LogP contribution in [0.1, 0.15) is 34.4 Å². The van der Waals surface area contributed by atoms with E-state index in [-0.39, 0.29) is 11.7 Å². The Labute approximate surface area is 127 Å². The molecule has 110 valence electrons. The lowest BCUT2D eigenvalue weighted by Gasteiger charge is -2.05. The molecule has 1 aromatic carbocycles. The van der Waals surface area contributed by atoms with Gasteiger partial charge < -0.3 is 9.52 Å². The number of aromatic hydroxyl groups is 1. The summed E-state index contributed by atoms with van der Waals surface area (Å²) < 4.78 is 5.30. The first-order valence-electron chi connectivity index (χ1n) is 6.29. The number of hydrogen-bond donors (Lipinski definition) is 2. The lowest BCUT2D eigenvalue weighted by atomic mass is 10.1. The molecular formula is C15H15ClN2O3. The van der Waals surface area contributed by atoms with Crippen LogP contribution in [0, 0.1) is 13.8 Å². The summed E-state index contributed by atoms with van der Waals surface area (Å²) in [4.78, 5) is 12.0. The predicted octanol–water partition coefficient (Wildman–Crippen LogP) is 3.41. The summed E-state index contributed by atoms with van der Waals surface area (Å²) in [5, 5.41) is 14.2. The number of hydrazone groups is 1. The molecule has 21 heavy (non-hydrogen) atoms. The van der Waals surface area contributed by atoms with Gasteiger partial charge in [0.25, 0.3) is 5.91 Å². The third kappa shape index (κ3) is 3.44. The van der Waals surface area contributed by atoms with Crippen molar-refractivity contribution in [2.75, 3.05) is 0 Å². The van der Waals surface area contributed by atoms with Crippen molar-refractivity contribution in [1.29, 1.82) is 0 Å². The molecule has 1 heterocycles. The maximum atomic E-state index is 12.0. The Morgan fingerprint density at radius 2 is 2.00 bits per heavy atom. The van der Waals surface area contributed by atoms with Crippen molar-refractivity contribution in [3.8, 4) is 5.75 Å². The molecule has 5 nitrogen and oxygen atoms in total. The normalized spacial score (nSPS) is 11.5. The minimum atomic E-state index is -0.370. The van der Waals surface area contributed by atoms with Crippen LogP contribution in [0.2, 0.25) is 5.02 Å². The van der Waals surface area contributed by atoms with Gasteiger partial charge in [0.05, 0.1) is 11.3 Å². The number of phenols is 1. The Morgan fingerprint density at radius 3 is 2.62 bits per heavy atom. The van der Waals surface area contributed by atoms with Crippen LogP contribution in [-0.4, -0.2) is 16.7 Å². The summed E-state index contributed by atoms with van der Waals surface area (Å²) in [5.74, 6) is 0.866. The van der Waals surface area contributed by atoms with Crippen molar-refractivity contribution in [2.45, 2.75) is 20.8 Å². The minimum Gasteiger partial charge on any atom is -0.507 e. The predicted molar refractivity (Wildman–Crippen MR) is 81.0 cm³/mol. The van der Waals surface area contributed by atoms with Gasteiger partial charge in [-0.1, -0.05) is 11.6 Å². The van der Waals surface area contributed by atoms with Gasteiger partial charge in [-0.3, -0.25) is 4.79 Å². The second-order valence-electron chi connectivity index (χ2n) is 4.63. The molecule has 2 rings (SSSR count). The third-order valence-corrected chi connectivity index (χ3v) is 3.19. The van der Waals surface area contributed by atoms with Gasteiger partial charge in [-0.25, -0.2) is 5.43 Å². The molecule has 0 atom stereocenters. The molecule has 1 aromatic heterocycles. The number of amides is 1. The third-order valence-electron chi connectivity index (χ3n) is 2.96. The number of phenolic OH excluding ortho intramolecular Hbond substituents is 1. The van der Waals surface area contributed by atoms with E-state index in [4.69, 9.17) is 16.0 Å². The van der Waals surface area contributed by atoms with E-state index in [1.165, 1.54) is 6.07 Å². The van der Waals surface area contributed by atoms with Crippen LogP contribution in [0.25, 0.3) is 0 Å². The minimum absolute atomic E-state index is 0.0465. The second kappa shape index (κ2) is 6.01. The number of furan rings is 1. The molecule has 2 aromatic rings. The van der Waals surface area contributed by atoms with Crippen molar-refractivity contribution in [1.82, 2.24) is 5.43 Å². The molecule has 0 aliphatic heterocycles. The maximum absolute atomic E-state index is 12.0. The summed E-state index contributed by atoms with van der Waals surface area (Å²) >= 11 is 5.88. The second-order valence-corrected chi connectivity index (χ2v) is 5.06. The number of nitrogens with one attached hydrogen (secondary N) is 1. The topological polar surface area (TPSA) is 74.8 Å². The first kappa shape index (κ1) is 15.1. The van der Waals surface area contributed by atoms with Crippen molar-refractivity contribution in [3.05, 3.63) is 51.9 Å². The number of aryl methyl sites for hydroxylation is 2. The largest absolute Gasteiger partial charge is 0.507 e. The van der Waals surface area contributed by atoms with Crippen molar-refractivity contribution in [3.63, 3.8) is 0 Å². The van der Waals surface area contributed by atoms with Crippen molar-refractivity contribution in [2.24, 2.45) is 5.10 Å². The molecule has 0 radical (unpaired) electrons. The first-order valence-corrected chi connectivity index (χ1v) is 6.67. The molecule has 6 heteroatoms.